The summed E-state index contributed by atoms with van der Waals surface area (Å²) in [4.78, 5) is 11.8. The Morgan fingerprint density at radius 1 is 1.40 bits per heavy atom. The van der Waals surface area contributed by atoms with Crippen LogP contribution in [0.3, 0.4) is 0 Å². The Morgan fingerprint density at radius 2 is 2.15 bits per heavy atom. The fraction of sp³-hybridized carbons (Fsp3) is 0.235. The maximum Gasteiger partial charge on any atom is 0.333 e. The number of carbonyl (C=O) groups is 1. The van der Waals surface area contributed by atoms with Gasteiger partial charge in [-0.25, -0.2) is 4.79 Å². The normalized spacial score (nSPS) is 16.3. The molecule has 0 N–H and O–H groups in total. The van der Waals surface area contributed by atoms with Crippen molar-refractivity contribution in [2.24, 2.45) is 0 Å². The summed E-state index contributed by atoms with van der Waals surface area (Å²) < 4.78 is 10.1. The predicted molar refractivity (Wildman–Crippen MR) is 80.2 cm³/mol. The second-order valence-corrected chi connectivity index (χ2v) is 4.66. The molecule has 1 aliphatic rings. The van der Waals surface area contributed by atoms with Crippen molar-refractivity contribution in [1.82, 2.24) is 0 Å². The molecule has 1 aromatic carbocycles. The Balaban J connectivity index is 2.04. The zero-order chi connectivity index (χ0) is 14.5. The molecule has 1 saturated heterocycles. The average molecular weight is 270 g/mol. The number of hydrogen-bond acceptors (Lipinski definition) is 3. The lowest BCUT2D eigenvalue weighted by Crippen LogP contribution is -2.13. The molecule has 0 aromatic heterocycles. The van der Waals surface area contributed by atoms with Crippen LogP contribution in [0, 0.1) is 0 Å². The molecule has 1 aliphatic heterocycles. The second-order valence-electron chi connectivity index (χ2n) is 4.66. The van der Waals surface area contributed by atoms with E-state index in [9.17, 15) is 4.79 Å². The molecule has 104 valence electrons. The van der Waals surface area contributed by atoms with E-state index < -0.39 is 0 Å². The van der Waals surface area contributed by atoms with Gasteiger partial charge in [0.2, 0.25) is 0 Å². The van der Waals surface area contributed by atoms with E-state index in [4.69, 9.17) is 9.47 Å². The van der Waals surface area contributed by atoms with Crippen molar-refractivity contribution in [3.8, 4) is 0 Å². The molecule has 0 saturated carbocycles. The van der Waals surface area contributed by atoms with Crippen LogP contribution in [0.4, 0.5) is 0 Å². The van der Waals surface area contributed by atoms with Gasteiger partial charge in [0, 0.05) is 12.0 Å². The Morgan fingerprint density at radius 3 is 2.75 bits per heavy atom. The highest BCUT2D eigenvalue weighted by atomic mass is 16.6. The van der Waals surface area contributed by atoms with E-state index in [1.54, 1.807) is 12.2 Å². The first kappa shape index (κ1) is 14.3. The second kappa shape index (κ2) is 6.35. The van der Waals surface area contributed by atoms with Crippen molar-refractivity contribution in [2.75, 3.05) is 13.2 Å². The van der Waals surface area contributed by atoms with Crippen LogP contribution in [0.5, 0.6) is 0 Å². The lowest BCUT2D eigenvalue weighted by Gasteiger charge is -2.11. The summed E-state index contributed by atoms with van der Waals surface area (Å²) in [6, 6.07) is 5.83. The standard InChI is InChI=1S/C17H18O3/c1-4-13-7-6-8-14(16(13)5-2)9-12(3)17(18)20-11-15-10-19-15/h4-8,15H,1-3,9-11H2. The zero-order valence-corrected chi connectivity index (χ0v) is 11.4. The molecule has 1 atom stereocenters. The molecule has 0 bridgehead atoms. The molecule has 0 aliphatic carbocycles. The predicted octanol–water partition coefficient (Wildman–Crippen LogP) is 3.01. The van der Waals surface area contributed by atoms with E-state index in [-0.39, 0.29) is 12.1 Å². The minimum atomic E-state index is -0.375. The van der Waals surface area contributed by atoms with Crippen molar-refractivity contribution < 1.29 is 14.3 Å². The van der Waals surface area contributed by atoms with E-state index in [1.165, 1.54) is 0 Å². The van der Waals surface area contributed by atoms with Crippen molar-refractivity contribution in [2.45, 2.75) is 12.5 Å². The summed E-state index contributed by atoms with van der Waals surface area (Å²) in [5, 5.41) is 0. The molecule has 0 spiro atoms. The monoisotopic (exact) mass is 270 g/mol. The fourth-order valence-electron chi connectivity index (χ4n) is 1.95. The first-order chi connectivity index (χ1) is 9.65. The topological polar surface area (TPSA) is 38.8 Å². The van der Waals surface area contributed by atoms with E-state index in [1.807, 2.05) is 18.2 Å². The third kappa shape index (κ3) is 3.45. The van der Waals surface area contributed by atoms with Crippen LogP contribution in [-0.2, 0) is 20.7 Å². The zero-order valence-electron chi connectivity index (χ0n) is 11.4. The molecule has 0 radical (unpaired) electrons. The minimum absolute atomic E-state index is 0.0691. The fourth-order valence-corrected chi connectivity index (χ4v) is 1.95. The number of epoxide rings is 1. The smallest absolute Gasteiger partial charge is 0.333 e. The lowest BCUT2D eigenvalue weighted by molar-refractivity contribution is -0.139. The number of benzene rings is 1. The Hall–Kier alpha value is -2.13. The van der Waals surface area contributed by atoms with Crippen LogP contribution < -0.4 is 0 Å². The van der Waals surface area contributed by atoms with E-state index in [0.717, 1.165) is 16.7 Å². The molecule has 1 unspecified atom stereocenters. The highest BCUT2D eigenvalue weighted by Gasteiger charge is 2.24. The largest absolute Gasteiger partial charge is 0.459 e. The van der Waals surface area contributed by atoms with Crippen LogP contribution in [-0.4, -0.2) is 25.3 Å². The van der Waals surface area contributed by atoms with Gasteiger partial charge >= 0.3 is 5.97 Å². The van der Waals surface area contributed by atoms with Gasteiger partial charge in [-0.1, -0.05) is 50.1 Å². The van der Waals surface area contributed by atoms with Crippen molar-refractivity contribution in [3.63, 3.8) is 0 Å². The maximum atomic E-state index is 11.8. The van der Waals surface area contributed by atoms with Gasteiger partial charge in [0.05, 0.1) is 6.61 Å². The maximum absolute atomic E-state index is 11.8. The van der Waals surface area contributed by atoms with Crippen LogP contribution in [0.2, 0.25) is 0 Å². The van der Waals surface area contributed by atoms with Gasteiger partial charge in [0.15, 0.2) is 0 Å². The molecule has 0 amide bonds. The Labute approximate surface area is 119 Å². The molecular formula is C17H18O3. The van der Waals surface area contributed by atoms with E-state index in [2.05, 4.69) is 19.7 Å². The number of hydrogen-bond donors (Lipinski definition) is 0. The number of rotatable bonds is 7. The van der Waals surface area contributed by atoms with Crippen molar-refractivity contribution in [3.05, 3.63) is 60.2 Å². The first-order valence-corrected chi connectivity index (χ1v) is 6.49. The van der Waals surface area contributed by atoms with Gasteiger partial charge in [0.25, 0.3) is 0 Å². The molecule has 3 heteroatoms. The third-order valence-electron chi connectivity index (χ3n) is 3.15. The van der Waals surface area contributed by atoms with Gasteiger partial charge in [-0.05, 0) is 16.7 Å². The third-order valence-corrected chi connectivity index (χ3v) is 3.15. The highest BCUT2D eigenvalue weighted by molar-refractivity contribution is 5.88. The summed E-state index contributed by atoms with van der Waals surface area (Å²) in [5.41, 5.74) is 3.38. The lowest BCUT2D eigenvalue weighted by atomic mass is 9.96. The molecule has 3 nitrogen and oxygen atoms in total. The Kier molecular flexibility index (Phi) is 4.53. The SMILES string of the molecule is C=Cc1cccc(CC(=C)C(=O)OCC2CO2)c1C=C. The summed E-state index contributed by atoms with van der Waals surface area (Å²) in [7, 11) is 0. The van der Waals surface area contributed by atoms with Gasteiger partial charge < -0.3 is 9.47 Å². The number of esters is 1. The molecule has 1 heterocycles. The van der Waals surface area contributed by atoms with Crippen molar-refractivity contribution in [1.29, 1.82) is 0 Å². The first-order valence-electron chi connectivity index (χ1n) is 6.49. The molecule has 2 rings (SSSR count). The minimum Gasteiger partial charge on any atom is -0.459 e. The van der Waals surface area contributed by atoms with Gasteiger partial charge in [-0.15, -0.1) is 0 Å². The van der Waals surface area contributed by atoms with Gasteiger partial charge in [-0.2, -0.15) is 0 Å². The van der Waals surface area contributed by atoms with Crippen LogP contribution >= 0.6 is 0 Å². The van der Waals surface area contributed by atoms with Crippen LogP contribution in [0.1, 0.15) is 16.7 Å². The molecule has 1 fully saturated rings. The summed E-state index contributed by atoms with van der Waals surface area (Å²) in [6.45, 7) is 12.4. The van der Waals surface area contributed by atoms with E-state index in [0.29, 0.717) is 25.2 Å². The highest BCUT2D eigenvalue weighted by Crippen LogP contribution is 2.20. The summed E-state index contributed by atoms with van der Waals surface area (Å²) in [6.07, 6.45) is 4.04. The summed E-state index contributed by atoms with van der Waals surface area (Å²) >= 11 is 0. The van der Waals surface area contributed by atoms with Crippen LogP contribution in [0.15, 0.2) is 43.5 Å². The molecule has 20 heavy (non-hydrogen) atoms. The van der Waals surface area contributed by atoms with Gasteiger partial charge in [0.1, 0.15) is 12.7 Å². The molecular weight excluding hydrogens is 252 g/mol. The van der Waals surface area contributed by atoms with Crippen LogP contribution in [0.25, 0.3) is 12.2 Å². The quantitative estimate of drug-likeness (QED) is 0.434. The van der Waals surface area contributed by atoms with E-state index >= 15 is 0 Å². The average Bonchev–Trinajstić information content (AvgIpc) is 3.28. The molecule has 1 aromatic rings. The summed E-state index contributed by atoms with van der Waals surface area (Å²) in [5.74, 6) is -0.375. The van der Waals surface area contributed by atoms with Crippen molar-refractivity contribution >= 4 is 18.1 Å². The number of carbonyl (C=O) groups excluding carboxylic acids is 1. The van der Waals surface area contributed by atoms with Gasteiger partial charge in [-0.3, -0.25) is 0 Å². The number of ether oxygens (including phenoxy) is 2. The Bertz CT molecular complexity index is 553.